The highest BCUT2D eigenvalue weighted by Gasteiger charge is 2.16. The van der Waals surface area contributed by atoms with E-state index in [0.29, 0.717) is 51.0 Å². The smallest absolute Gasteiger partial charge is 0.257 e. The van der Waals surface area contributed by atoms with E-state index >= 15 is 0 Å². The molecule has 0 spiro atoms. The summed E-state index contributed by atoms with van der Waals surface area (Å²) in [4.78, 5) is 16.8. The van der Waals surface area contributed by atoms with Gasteiger partial charge in [0.25, 0.3) is 5.91 Å². The van der Waals surface area contributed by atoms with Gasteiger partial charge in [-0.05, 0) is 30.3 Å². The minimum atomic E-state index is -0.284. The summed E-state index contributed by atoms with van der Waals surface area (Å²) in [6.45, 7) is 0.975. The van der Waals surface area contributed by atoms with E-state index in [1.807, 2.05) is 0 Å². The van der Waals surface area contributed by atoms with Crippen LogP contribution in [-0.4, -0.2) is 24.1 Å². The molecule has 1 aromatic heterocycles. The van der Waals surface area contributed by atoms with E-state index in [9.17, 15) is 4.79 Å². The molecule has 5 nitrogen and oxygen atoms in total. The highest BCUT2D eigenvalue weighted by Crippen LogP contribution is 2.34. The Labute approximate surface area is 151 Å². The summed E-state index contributed by atoms with van der Waals surface area (Å²) in [5, 5.41) is 4.21. The zero-order chi connectivity index (χ0) is 16.7. The molecule has 0 bridgehead atoms. The first-order chi connectivity index (χ1) is 11.6. The second kappa shape index (κ2) is 6.12. The maximum atomic E-state index is 12.4. The van der Waals surface area contributed by atoms with Gasteiger partial charge in [0.2, 0.25) is 0 Å². The quantitative estimate of drug-likeness (QED) is 0.703. The molecule has 1 aliphatic rings. The molecule has 122 valence electrons. The molecule has 1 aliphatic heterocycles. The maximum absolute atomic E-state index is 12.4. The number of anilines is 1. The summed E-state index contributed by atoms with van der Waals surface area (Å²) in [7, 11) is 0. The van der Waals surface area contributed by atoms with Crippen LogP contribution >= 0.6 is 34.5 Å². The average Bonchev–Trinajstić information content (AvgIpc) is 2.97. The molecule has 24 heavy (non-hydrogen) atoms. The summed E-state index contributed by atoms with van der Waals surface area (Å²) in [5.74, 6) is 0.917. The molecule has 0 saturated heterocycles. The number of rotatable bonds is 2. The van der Waals surface area contributed by atoms with E-state index in [1.165, 1.54) is 11.3 Å². The normalized spacial score (nSPS) is 13.1. The number of ether oxygens (including phenoxy) is 2. The second-order valence-corrected chi connectivity index (χ2v) is 6.94. The Morgan fingerprint density at radius 1 is 1.12 bits per heavy atom. The van der Waals surface area contributed by atoms with Crippen LogP contribution in [0.5, 0.6) is 11.5 Å². The van der Waals surface area contributed by atoms with Crippen LogP contribution in [0.2, 0.25) is 10.0 Å². The molecule has 1 N–H and O–H groups in total. The van der Waals surface area contributed by atoms with Crippen LogP contribution in [0.4, 0.5) is 5.13 Å². The van der Waals surface area contributed by atoms with Crippen molar-refractivity contribution in [1.29, 1.82) is 0 Å². The SMILES string of the molecule is O=C(Nc1nc2c(Cl)cc(Cl)cc2s1)c1ccc2c(c1)OCCO2. The number of aromatic nitrogens is 1. The molecular weight excluding hydrogens is 371 g/mol. The monoisotopic (exact) mass is 380 g/mol. The van der Waals surface area contributed by atoms with E-state index in [-0.39, 0.29) is 5.91 Å². The second-order valence-electron chi connectivity index (χ2n) is 5.07. The minimum absolute atomic E-state index is 0.284. The molecule has 0 unspecified atom stereocenters. The number of hydrogen-bond donors (Lipinski definition) is 1. The van der Waals surface area contributed by atoms with Crippen molar-refractivity contribution in [2.45, 2.75) is 0 Å². The van der Waals surface area contributed by atoms with Crippen LogP contribution in [0.1, 0.15) is 10.4 Å². The first kappa shape index (κ1) is 15.5. The summed E-state index contributed by atoms with van der Waals surface area (Å²) in [6, 6.07) is 8.44. The number of thiazole rings is 1. The lowest BCUT2D eigenvalue weighted by Crippen LogP contribution is -2.17. The molecule has 1 amide bonds. The Morgan fingerprint density at radius 3 is 2.75 bits per heavy atom. The third kappa shape index (κ3) is 2.88. The average molecular weight is 381 g/mol. The van der Waals surface area contributed by atoms with Crippen molar-refractivity contribution in [1.82, 2.24) is 4.98 Å². The number of nitrogens with zero attached hydrogens (tertiary/aromatic N) is 1. The summed E-state index contributed by atoms with van der Waals surface area (Å²) in [5.41, 5.74) is 1.08. The highest BCUT2D eigenvalue weighted by molar-refractivity contribution is 7.22. The van der Waals surface area contributed by atoms with Gasteiger partial charge in [0, 0.05) is 10.6 Å². The predicted octanol–water partition coefficient (Wildman–Crippen LogP) is 4.63. The number of carbonyl (C=O) groups excluding carboxylic acids is 1. The third-order valence-electron chi connectivity index (χ3n) is 3.44. The lowest BCUT2D eigenvalue weighted by atomic mass is 10.2. The fraction of sp³-hybridized carbons (Fsp3) is 0.125. The van der Waals surface area contributed by atoms with Crippen molar-refractivity contribution in [3.63, 3.8) is 0 Å². The van der Waals surface area contributed by atoms with Gasteiger partial charge < -0.3 is 9.47 Å². The Bertz CT molecular complexity index is 958. The molecule has 3 aromatic rings. The van der Waals surface area contributed by atoms with Gasteiger partial charge in [0.1, 0.15) is 18.7 Å². The number of nitrogens with one attached hydrogen (secondary N) is 1. The first-order valence-corrected chi connectivity index (χ1v) is 8.64. The van der Waals surface area contributed by atoms with Gasteiger partial charge in [0.05, 0.1) is 9.72 Å². The van der Waals surface area contributed by atoms with Gasteiger partial charge in [-0.15, -0.1) is 0 Å². The van der Waals surface area contributed by atoms with Crippen molar-refractivity contribution in [3.8, 4) is 11.5 Å². The van der Waals surface area contributed by atoms with Gasteiger partial charge in [-0.2, -0.15) is 0 Å². The molecule has 0 atom stereocenters. The Morgan fingerprint density at radius 2 is 1.92 bits per heavy atom. The number of halogens is 2. The van der Waals surface area contributed by atoms with Crippen LogP contribution in [0.3, 0.4) is 0 Å². The number of benzene rings is 2. The molecule has 0 aliphatic carbocycles. The molecule has 0 fully saturated rings. The number of fused-ring (bicyclic) bond motifs is 2. The number of amides is 1. The third-order valence-corrected chi connectivity index (χ3v) is 4.86. The molecule has 2 aromatic carbocycles. The molecule has 0 saturated carbocycles. The fourth-order valence-electron chi connectivity index (χ4n) is 2.36. The zero-order valence-corrected chi connectivity index (χ0v) is 14.5. The molecule has 2 heterocycles. The van der Waals surface area contributed by atoms with Crippen LogP contribution in [-0.2, 0) is 0 Å². The van der Waals surface area contributed by atoms with Gasteiger partial charge in [-0.3, -0.25) is 10.1 Å². The van der Waals surface area contributed by atoms with E-state index in [4.69, 9.17) is 32.7 Å². The van der Waals surface area contributed by atoms with Gasteiger partial charge in [-0.25, -0.2) is 4.98 Å². The molecule has 0 radical (unpaired) electrons. The van der Waals surface area contributed by atoms with Crippen LogP contribution in [0, 0.1) is 0 Å². The summed E-state index contributed by atoms with van der Waals surface area (Å²) >= 11 is 13.4. The Kier molecular flexibility index (Phi) is 3.96. The van der Waals surface area contributed by atoms with Crippen molar-refractivity contribution in [2.24, 2.45) is 0 Å². The predicted molar refractivity (Wildman–Crippen MR) is 95.0 cm³/mol. The molecular formula is C16H10Cl2N2O3S. The van der Waals surface area contributed by atoms with E-state index in [1.54, 1.807) is 30.3 Å². The van der Waals surface area contributed by atoms with Gasteiger partial charge in [-0.1, -0.05) is 34.5 Å². The van der Waals surface area contributed by atoms with Crippen molar-refractivity contribution < 1.29 is 14.3 Å². The molecule has 4 rings (SSSR count). The van der Waals surface area contributed by atoms with Crippen LogP contribution in [0.15, 0.2) is 30.3 Å². The Hall–Kier alpha value is -2.02. The van der Waals surface area contributed by atoms with Crippen molar-refractivity contribution in [2.75, 3.05) is 18.5 Å². The minimum Gasteiger partial charge on any atom is -0.486 e. The maximum Gasteiger partial charge on any atom is 0.257 e. The summed E-state index contributed by atoms with van der Waals surface area (Å²) < 4.78 is 11.7. The van der Waals surface area contributed by atoms with E-state index in [2.05, 4.69) is 10.3 Å². The topological polar surface area (TPSA) is 60.5 Å². The highest BCUT2D eigenvalue weighted by atomic mass is 35.5. The zero-order valence-electron chi connectivity index (χ0n) is 12.1. The Balaban J connectivity index is 1.61. The number of hydrogen-bond acceptors (Lipinski definition) is 5. The largest absolute Gasteiger partial charge is 0.486 e. The van der Waals surface area contributed by atoms with Gasteiger partial charge in [0.15, 0.2) is 16.6 Å². The van der Waals surface area contributed by atoms with Gasteiger partial charge >= 0.3 is 0 Å². The standard InChI is InChI=1S/C16H10Cl2N2O3S/c17-9-6-10(18)14-13(7-9)24-16(19-14)20-15(21)8-1-2-11-12(5-8)23-4-3-22-11/h1-2,5-7H,3-4H2,(H,19,20,21). The summed E-state index contributed by atoms with van der Waals surface area (Å²) in [6.07, 6.45) is 0. The lowest BCUT2D eigenvalue weighted by molar-refractivity contribution is 0.102. The van der Waals surface area contributed by atoms with E-state index in [0.717, 1.165) is 4.70 Å². The van der Waals surface area contributed by atoms with Crippen molar-refractivity contribution >= 4 is 55.8 Å². The van der Waals surface area contributed by atoms with Crippen LogP contribution in [0.25, 0.3) is 10.2 Å². The van der Waals surface area contributed by atoms with E-state index < -0.39 is 0 Å². The lowest BCUT2D eigenvalue weighted by Gasteiger charge is -2.18. The first-order valence-electron chi connectivity index (χ1n) is 7.07. The molecule has 8 heteroatoms. The van der Waals surface area contributed by atoms with Crippen LogP contribution < -0.4 is 14.8 Å². The number of carbonyl (C=O) groups is 1. The van der Waals surface area contributed by atoms with Crippen molar-refractivity contribution in [3.05, 3.63) is 45.9 Å². The fourth-order valence-corrected chi connectivity index (χ4v) is 3.95.